The van der Waals surface area contributed by atoms with Gasteiger partial charge in [-0.1, -0.05) is 12.1 Å². The number of carbonyl (C=O) groups excluding carboxylic acids is 1. The van der Waals surface area contributed by atoms with Crippen molar-refractivity contribution in [3.05, 3.63) is 89.4 Å². The number of carbonyl (C=O) groups is 1. The quantitative estimate of drug-likeness (QED) is 0.636. The standard InChI is InChI=1S/C22H17NO4/c1-25-17-4-2-3-16(11-17)14-26-18-5-6-19-20(13-18)27-21(22(19)24)12-15-7-9-23-10-8-15/h2-13H,14H2,1H3. The molecule has 0 spiro atoms. The zero-order chi connectivity index (χ0) is 18.6. The third-order valence-corrected chi connectivity index (χ3v) is 4.18. The predicted octanol–water partition coefficient (Wildman–Crippen LogP) is 4.29. The van der Waals surface area contributed by atoms with E-state index in [0.29, 0.717) is 29.4 Å². The number of nitrogens with zero attached hydrogens (tertiary/aromatic N) is 1. The van der Waals surface area contributed by atoms with Gasteiger partial charge in [-0.2, -0.15) is 0 Å². The number of fused-ring (bicyclic) bond motifs is 1. The van der Waals surface area contributed by atoms with Gasteiger partial charge in [0.25, 0.3) is 0 Å². The first-order chi connectivity index (χ1) is 13.2. The average molecular weight is 359 g/mol. The van der Waals surface area contributed by atoms with Gasteiger partial charge in [-0.3, -0.25) is 9.78 Å². The molecule has 0 saturated heterocycles. The van der Waals surface area contributed by atoms with Crippen LogP contribution in [-0.2, 0) is 6.61 Å². The number of hydrogen-bond acceptors (Lipinski definition) is 5. The number of allylic oxidation sites excluding steroid dienone is 1. The van der Waals surface area contributed by atoms with Gasteiger partial charge >= 0.3 is 0 Å². The maximum Gasteiger partial charge on any atom is 0.231 e. The second-order valence-electron chi connectivity index (χ2n) is 6.02. The van der Waals surface area contributed by atoms with Gasteiger partial charge in [0.1, 0.15) is 23.9 Å². The summed E-state index contributed by atoms with van der Waals surface area (Å²) in [6, 6.07) is 16.6. The Labute approximate surface area is 156 Å². The molecule has 4 rings (SSSR count). The first-order valence-electron chi connectivity index (χ1n) is 8.47. The number of pyridine rings is 1. The van der Waals surface area contributed by atoms with Crippen molar-refractivity contribution < 1.29 is 19.0 Å². The minimum absolute atomic E-state index is 0.138. The van der Waals surface area contributed by atoms with Gasteiger partial charge in [-0.15, -0.1) is 0 Å². The van der Waals surface area contributed by atoms with Crippen molar-refractivity contribution in [2.24, 2.45) is 0 Å². The summed E-state index contributed by atoms with van der Waals surface area (Å²) in [7, 11) is 1.63. The molecule has 0 fully saturated rings. The summed E-state index contributed by atoms with van der Waals surface area (Å²) in [5, 5.41) is 0. The normalized spacial score (nSPS) is 14.0. The number of methoxy groups -OCH3 is 1. The van der Waals surface area contributed by atoms with Gasteiger partial charge in [0.15, 0.2) is 5.76 Å². The Morgan fingerprint density at radius 2 is 1.89 bits per heavy atom. The summed E-state index contributed by atoms with van der Waals surface area (Å²) in [5.74, 6) is 2.07. The van der Waals surface area contributed by atoms with Crippen molar-refractivity contribution in [1.29, 1.82) is 0 Å². The largest absolute Gasteiger partial charge is 0.497 e. The zero-order valence-electron chi connectivity index (χ0n) is 14.7. The topological polar surface area (TPSA) is 57.6 Å². The summed E-state index contributed by atoms with van der Waals surface area (Å²) in [6.07, 6.45) is 5.05. The molecule has 1 aliphatic heterocycles. The van der Waals surface area contributed by atoms with E-state index in [1.54, 1.807) is 43.8 Å². The fourth-order valence-corrected chi connectivity index (χ4v) is 2.80. The number of ether oxygens (including phenoxy) is 3. The molecule has 0 atom stereocenters. The van der Waals surface area contributed by atoms with E-state index in [4.69, 9.17) is 14.2 Å². The van der Waals surface area contributed by atoms with E-state index < -0.39 is 0 Å². The van der Waals surface area contributed by atoms with Crippen LogP contribution in [0.3, 0.4) is 0 Å². The lowest BCUT2D eigenvalue weighted by molar-refractivity contribution is 0.101. The highest BCUT2D eigenvalue weighted by Gasteiger charge is 2.27. The molecule has 0 amide bonds. The lowest BCUT2D eigenvalue weighted by atomic mass is 10.1. The molecular formula is C22H17NO4. The first kappa shape index (κ1) is 16.8. The van der Waals surface area contributed by atoms with E-state index in [1.165, 1.54) is 0 Å². The molecule has 1 aliphatic rings. The fourth-order valence-electron chi connectivity index (χ4n) is 2.80. The van der Waals surface area contributed by atoms with Crippen LogP contribution in [0.1, 0.15) is 21.5 Å². The molecular weight excluding hydrogens is 342 g/mol. The molecule has 2 heterocycles. The van der Waals surface area contributed by atoms with Crippen LogP contribution in [0.2, 0.25) is 0 Å². The van der Waals surface area contributed by atoms with Crippen LogP contribution in [-0.4, -0.2) is 17.9 Å². The summed E-state index contributed by atoms with van der Waals surface area (Å²) >= 11 is 0. The molecule has 0 radical (unpaired) electrons. The van der Waals surface area contributed by atoms with Crippen LogP contribution >= 0.6 is 0 Å². The van der Waals surface area contributed by atoms with Crippen molar-refractivity contribution in [2.75, 3.05) is 7.11 Å². The van der Waals surface area contributed by atoms with Crippen LogP contribution in [0.25, 0.3) is 6.08 Å². The average Bonchev–Trinajstić information content (AvgIpc) is 3.02. The minimum atomic E-state index is -0.138. The van der Waals surface area contributed by atoms with E-state index in [2.05, 4.69) is 4.98 Å². The molecule has 0 unspecified atom stereocenters. The van der Waals surface area contributed by atoms with Crippen LogP contribution in [0.5, 0.6) is 17.2 Å². The van der Waals surface area contributed by atoms with Gasteiger partial charge in [-0.25, -0.2) is 0 Å². The van der Waals surface area contributed by atoms with Crippen molar-refractivity contribution in [3.63, 3.8) is 0 Å². The number of Topliss-reactive ketones (excluding diaryl/α,β-unsaturated/α-hetero) is 1. The van der Waals surface area contributed by atoms with Crippen molar-refractivity contribution in [1.82, 2.24) is 4.98 Å². The molecule has 2 aromatic carbocycles. The molecule has 27 heavy (non-hydrogen) atoms. The third kappa shape index (κ3) is 3.67. The summed E-state index contributed by atoms with van der Waals surface area (Å²) < 4.78 is 16.8. The highest BCUT2D eigenvalue weighted by molar-refractivity contribution is 6.14. The second-order valence-corrected chi connectivity index (χ2v) is 6.02. The van der Waals surface area contributed by atoms with E-state index in [0.717, 1.165) is 16.9 Å². The Kier molecular flexibility index (Phi) is 4.58. The lowest BCUT2D eigenvalue weighted by Gasteiger charge is -2.08. The summed E-state index contributed by atoms with van der Waals surface area (Å²) in [6.45, 7) is 0.393. The second kappa shape index (κ2) is 7.33. The zero-order valence-corrected chi connectivity index (χ0v) is 14.7. The van der Waals surface area contributed by atoms with Crippen molar-refractivity contribution in [2.45, 2.75) is 6.61 Å². The number of aromatic nitrogens is 1. The number of benzene rings is 2. The number of rotatable bonds is 5. The molecule has 134 valence electrons. The van der Waals surface area contributed by atoms with Crippen LogP contribution in [0, 0.1) is 0 Å². The van der Waals surface area contributed by atoms with Crippen molar-refractivity contribution in [3.8, 4) is 17.2 Å². The Bertz CT molecular complexity index is 1010. The highest BCUT2D eigenvalue weighted by Crippen LogP contribution is 2.35. The smallest absolute Gasteiger partial charge is 0.231 e. The minimum Gasteiger partial charge on any atom is -0.497 e. The van der Waals surface area contributed by atoms with Gasteiger partial charge in [0.2, 0.25) is 5.78 Å². The monoisotopic (exact) mass is 359 g/mol. The third-order valence-electron chi connectivity index (χ3n) is 4.18. The molecule has 5 heteroatoms. The van der Waals surface area contributed by atoms with Gasteiger partial charge in [0.05, 0.1) is 12.7 Å². The molecule has 0 N–H and O–H groups in total. The Morgan fingerprint density at radius 3 is 2.70 bits per heavy atom. The van der Waals surface area contributed by atoms with E-state index in [-0.39, 0.29) is 5.78 Å². The molecule has 0 bridgehead atoms. The molecule has 3 aromatic rings. The summed E-state index contributed by atoms with van der Waals surface area (Å²) in [4.78, 5) is 16.5. The van der Waals surface area contributed by atoms with Gasteiger partial charge in [0, 0.05) is 18.5 Å². The van der Waals surface area contributed by atoms with Crippen LogP contribution in [0.4, 0.5) is 0 Å². The SMILES string of the molecule is COc1cccc(COc2ccc3c(c2)OC(=Cc2ccncc2)C3=O)c1. The molecule has 0 saturated carbocycles. The maximum atomic E-state index is 12.5. The van der Waals surface area contributed by atoms with E-state index in [9.17, 15) is 4.79 Å². The lowest BCUT2D eigenvalue weighted by Crippen LogP contribution is -1.98. The maximum absolute atomic E-state index is 12.5. The molecule has 5 nitrogen and oxygen atoms in total. The summed E-state index contributed by atoms with van der Waals surface area (Å²) in [5.41, 5.74) is 2.38. The molecule has 0 aliphatic carbocycles. The van der Waals surface area contributed by atoms with Gasteiger partial charge < -0.3 is 14.2 Å². The number of hydrogen-bond donors (Lipinski definition) is 0. The first-order valence-corrected chi connectivity index (χ1v) is 8.47. The molecule has 1 aromatic heterocycles. The Morgan fingerprint density at radius 1 is 1.04 bits per heavy atom. The van der Waals surface area contributed by atoms with E-state index in [1.807, 2.05) is 36.4 Å². The highest BCUT2D eigenvalue weighted by atomic mass is 16.5. The Balaban J connectivity index is 1.50. The van der Waals surface area contributed by atoms with Crippen molar-refractivity contribution >= 4 is 11.9 Å². The number of ketones is 1. The van der Waals surface area contributed by atoms with E-state index >= 15 is 0 Å². The van der Waals surface area contributed by atoms with Gasteiger partial charge in [-0.05, 0) is 53.6 Å². The predicted molar refractivity (Wildman–Crippen MR) is 101 cm³/mol. The Hall–Kier alpha value is -3.60. The fraction of sp³-hybridized carbons (Fsp3) is 0.0909. The van der Waals surface area contributed by atoms with Crippen LogP contribution < -0.4 is 14.2 Å². The van der Waals surface area contributed by atoms with Crippen LogP contribution in [0.15, 0.2) is 72.8 Å².